The van der Waals surface area contributed by atoms with Crippen molar-refractivity contribution >= 4 is 11.8 Å². The Morgan fingerprint density at radius 1 is 1.10 bits per heavy atom. The Morgan fingerprint density at radius 3 is 2.61 bits per heavy atom. The predicted molar refractivity (Wildman–Crippen MR) is 115 cm³/mol. The highest BCUT2D eigenvalue weighted by Gasteiger charge is 2.36. The quantitative estimate of drug-likeness (QED) is 0.654. The molecule has 1 aromatic heterocycles. The van der Waals surface area contributed by atoms with E-state index in [-0.39, 0.29) is 29.6 Å². The highest BCUT2D eigenvalue weighted by Crippen LogP contribution is 2.35. The summed E-state index contributed by atoms with van der Waals surface area (Å²) in [6.07, 6.45) is 2.92. The fourth-order valence-electron chi connectivity index (χ4n) is 4.12. The molecule has 2 aromatic carbocycles. The zero-order chi connectivity index (χ0) is 21.8. The first-order valence-electron chi connectivity index (χ1n) is 10.4. The number of nitrogens with zero attached hydrogens (tertiary/aromatic N) is 1. The predicted octanol–water partition coefficient (Wildman–Crippen LogP) is 4.64. The van der Waals surface area contributed by atoms with Gasteiger partial charge >= 0.3 is 0 Å². The van der Waals surface area contributed by atoms with Crippen LogP contribution in [0.1, 0.15) is 46.1 Å². The first kappa shape index (κ1) is 20.8. The summed E-state index contributed by atoms with van der Waals surface area (Å²) in [6, 6.07) is 17.1. The lowest BCUT2D eigenvalue weighted by atomic mass is 9.87. The van der Waals surface area contributed by atoms with E-state index >= 15 is 0 Å². The highest BCUT2D eigenvalue weighted by molar-refractivity contribution is 5.95. The molecule has 2 amide bonds. The third-order valence-corrected chi connectivity index (χ3v) is 5.75. The van der Waals surface area contributed by atoms with Gasteiger partial charge in [-0.25, -0.2) is 4.39 Å². The fourth-order valence-corrected chi connectivity index (χ4v) is 4.12. The molecule has 1 N–H and O–H groups in total. The van der Waals surface area contributed by atoms with Crippen LogP contribution in [0.4, 0.5) is 4.39 Å². The Balaban J connectivity index is 1.55. The average Bonchev–Trinajstić information content (AvgIpc) is 3.31. The van der Waals surface area contributed by atoms with Crippen LogP contribution in [0.15, 0.2) is 71.3 Å². The van der Waals surface area contributed by atoms with Crippen LogP contribution in [0.3, 0.4) is 0 Å². The number of hydrogen-bond acceptors (Lipinski definition) is 3. The van der Waals surface area contributed by atoms with Gasteiger partial charge in [-0.15, -0.1) is 0 Å². The first-order valence-corrected chi connectivity index (χ1v) is 10.4. The van der Waals surface area contributed by atoms with E-state index in [0.717, 1.165) is 11.1 Å². The van der Waals surface area contributed by atoms with Crippen molar-refractivity contribution in [3.05, 3.63) is 95.2 Å². The van der Waals surface area contributed by atoms with Gasteiger partial charge in [0, 0.05) is 12.1 Å². The van der Waals surface area contributed by atoms with Gasteiger partial charge in [0.1, 0.15) is 11.6 Å². The smallest absolute Gasteiger partial charge is 0.254 e. The van der Waals surface area contributed by atoms with Crippen molar-refractivity contribution in [1.82, 2.24) is 10.2 Å². The molecule has 0 aliphatic carbocycles. The zero-order valence-electron chi connectivity index (χ0n) is 17.4. The van der Waals surface area contributed by atoms with Crippen LogP contribution in [0.5, 0.6) is 0 Å². The average molecular weight is 420 g/mol. The van der Waals surface area contributed by atoms with Crippen molar-refractivity contribution in [2.45, 2.75) is 32.4 Å². The van der Waals surface area contributed by atoms with Crippen LogP contribution < -0.4 is 5.32 Å². The minimum Gasteiger partial charge on any atom is -0.467 e. The van der Waals surface area contributed by atoms with Gasteiger partial charge in [-0.1, -0.05) is 29.8 Å². The Morgan fingerprint density at radius 2 is 1.90 bits per heavy atom. The molecule has 0 radical (unpaired) electrons. The molecule has 6 heteroatoms. The molecule has 0 spiro atoms. The van der Waals surface area contributed by atoms with Gasteiger partial charge in [-0.05, 0) is 61.7 Å². The van der Waals surface area contributed by atoms with Gasteiger partial charge in [-0.3, -0.25) is 9.59 Å². The summed E-state index contributed by atoms with van der Waals surface area (Å²) in [7, 11) is 0. The monoisotopic (exact) mass is 420 g/mol. The number of halogens is 1. The van der Waals surface area contributed by atoms with E-state index in [1.165, 1.54) is 24.3 Å². The summed E-state index contributed by atoms with van der Waals surface area (Å²) in [5.74, 6) is -0.326. The molecule has 3 aromatic rings. The molecule has 160 valence electrons. The number of carbonyl (C=O) groups is 2. The number of rotatable bonds is 5. The van der Waals surface area contributed by atoms with Gasteiger partial charge in [0.25, 0.3) is 5.91 Å². The molecule has 0 bridgehead atoms. The van der Waals surface area contributed by atoms with E-state index in [4.69, 9.17) is 4.42 Å². The molecule has 1 saturated heterocycles. The lowest BCUT2D eigenvalue weighted by Crippen LogP contribution is -2.46. The topological polar surface area (TPSA) is 62.6 Å². The number of piperidine rings is 1. The zero-order valence-corrected chi connectivity index (χ0v) is 17.4. The lowest BCUT2D eigenvalue weighted by Gasteiger charge is -2.39. The van der Waals surface area contributed by atoms with Crippen molar-refractivity contribution < 1.29 is 18.4 Å². The third-order valence-electron chi connectivity index (χ3n) is 5.75. The van der Waals surface area contributed by atoms with Gasteiger partial charge in [-0.2, -0.15) is 0 Å². The molecule has 31 heavy (non-hydrogen) atoms. The molecule has 1 aliphatic heterocycles. The third kappa shape index (κ3) is 4.85. The van der Waals surface area contributed by atoms with E-state index in [0.29, 0.717) is 37.3 Å². The summed E-state index contributed by atoms with van der Waals surface area (Å²) in [6.45, 7) is 2.64. The summed E-state index contributed by atoms with van der Waals surface area (Å²) in [5, 5.41) is 2.90. The van der Waals surface area contributed by atoms with E-state index in [2.05, 4.69) is 11.4 Å². The number of benzene rings is 2. The molecule has 0 unspecified atom stereocenters. The molecule has 1 aliphatic rings. The Kier molecular flexibility index (Phi) is 6.16. The molecular formula is C25H25FN2O3. The number of amides is 2. The molecular weight excluding hydrogens is 395 g/mol. The van der Waals surface area contributed by atoms with Crippen LogP contribution in [0.2, 0.25) is 0 Å². The second-order valence-corrected chi connectivity index (χ2v) is 7.97. The lowest BCUT2D eigenvalue weighted by molar-refractivity contribution is -0.127. The fraction of sp³-hybridized carbons (Fsp3) is 0.280. The minimum atomic E-state index is -0.388. The second kappa shape index (κ2) is 9.16. The number of likely N-dealkylation sites (tertiary alicyclic amines) is 1. The van der Waals surface area contributed by atoms with Crippen LogP contribution in [0, 0.1) is 18.7 Å². The van der Waals surface area contributed by atoms with Crippen molar-refractivity contribution in [2.75, 3.05) is 6.54 Å². The highest BCUT2D eigenvalue weighted by atomic mass is 19.1. The summed E-state index contributed by atoms with van der Waals surface area (Å²) in [5.41, 5.74) is 2.57. The molecule has 4 rings (SSSR count). The number of aryl methyl sites for hydroxylation is 1. The number of hydrogen-bond donors (Lipinski definition) is 1. The molecule has 5 nitrogen and oxygen atoms in total. The maximum atomic E-state index is 13.4. The van der Waals surface area contributed by atoms with Crippen molar-refractivity contribution in [1.29, 1.82) is 0 Å². The first-order chi connectivity index (χ1) is 15.0. The maximum absolute atomic E-state index is 13.4. The SMILES string of the molecule is Cc1cccc([C@@H]2CC[C@@H](C(=O)NCc3ccco3)CN2C(=O)c2ccc(F)cc2)c1. The van der Waals surface area contributed by atoms with Crippen LogP contribution >= 0.6 is 0 Å². The molecule has 2 atom stereocenters. The second-order valence-electron chi connectivity index (χ2n) is 7.97. The largest absolute Gasteiger partial charge is 0.467 e. The van der Waals surface area contributed by atoms with Gasteiger partial charge in [0.2, 0.25) is 5.91 Å². The van der Waals surface area contributed by atoms with E-state index in [1.807, 2.05) is 25.1 Å². The number of nitrogens with one attached hydrogen (secondary N) is 1. The van der Waals surface area contributed by atoms with Crippen molar-refractivity contribution in [3.63, 3.8) is 0 Å². The van der Waals surface area contributed by atoms with E-state index in [9.17, 15) is 14.0 Å². The summed E-state index contributed by atoms with van der Waals surface area (Å²) in [4.78, 5) is 27.9. The summed E-state index contributed by atoms with van der Waals surface area (Å²) < 4.78 is 18.6. The summed E-state index contributed by atoms with van der Waals surface area (Å²) >= 11 is 0. The minimum absolute atomic E-state index is 0.101. The van der Waals surface area contributed by atoms with Gasteiger partial charge in [0.05, 0.1) is 24.8 Å². The van der Waals surface area contributed by atoms with Crippen molar-refractivity contribution in [2.24, 2.45) is 5.92 Å². The van der Waals surface area contributed by atoms with Crippen LogP contribution in [-0.2, 0) is 11.3 Å². The Bertz CT molecular complexity index is 1050. The molecule has 0 saturated carbocycles. The standard InChI is InChI=1S/C25H25FN2O3/c1-17-4-2-5-19(14-17)23-12-9-20(24(29)27-15-22-6-3-13-31-22)16-28(23)25(30)18-7-10-21(26)11-8-18/h2-8,10-11,13-14,20,23H,9,12,15-16H2,1H3,(H,27,29)/t20-,23+/m1/s1. The number of furan rings is 1. The van der Waals surface area contributed by atoms with Crippen LogP contribution in [0.25, 0.3) is 0 Å². The van der Waals surface area contributed by atoms with Crippen LogP contribution in [-0.4, -0.2) is 23.3 Å². The normalized spacial score (nSPS) is 18.6. The van der Waals surface area contributed by atoms with Crippen molar-refractivity contribution in [3.8, 4) is 0 Å². The van der Waals surface area contributed by atoms with Gasteiger partial charge < -0.3 is 14.6 Å². The van der Waals surface area contributed by atoms with Gasteiger partial charge in [0.15, 0.2) is 0 Å². The van der Waals surface area contributed by atoms with E-state index < -0.39 is 0 Å². The Hall–Kier alpha value is -3.41. The van der Waals surface area contributed by atoms with E-state index in [1.54, 1.807) is 23.3 Å². The molecule has 1 fully saturated rings. The number of carbonyl (C=O) groups excluding carboxylic acids is 2. The Labute approximate surface area is 180 Å². The maximum Gasteiger partial charge on any atom is 0.254 e. The molecule has 2 heterocycles.